The average Bonchev–Trinajstić information content (AvgIpc) is 2.34. The molecule has 1 aromatic rings. The second kappa shape index (κ2) is 5.97. The summed E-state index contributed by atoms with van der Waals surface area (Å²) in [6.45, 7) is 8.79. The molecule has 106 valence electrons. The number of rotatable bonds is 4. The number of nitrogen functional groups attached to an aromatic ring is 1. The van der Waals surface area contributed by atoms with Gasteiger partial charge in [-0.1, -0.05) is 27.7 Å². The number of halogens is 1. The number of nitrogens with one attached hydrogen (secondary N) is 2. The van der Waals surface area contributed by atoms with E-state index in [0.717, 1.165) is 0 Å². The Morgan fingerprint density at radius 3 is 2.68 bits per heavy atom. The van der Waals surface area contributed by atoms with Crippen molar-refractivity contribution in [1.29, 1.82) is 0 Å². The molecule has 4 N–H and O–H groups in total. The lowest BCUT2D eigenvalue weighted by molar-refractivity contribution is 0.0933. The van der Waals surface area contributed by atoms with Crippen LogP contribution < -0.4 is 16.6 Å². The minimum absolute atomic E-state index is 0.0657. The molecule has 0 bridgehead atoms. The van der Waals surface area contributed by atoms with Crippen LogP contribution in [-0.2, 0) is 0 Å². The van der Waals surface area contributed by atoms with E-state index in [0.29, 0.717) is 6.54 Å². The fraction of sp³-hybridized carbons (Fsp3) is 0.538. The number of carbonyl (C=O) groups excluding carboxylic acids is 1. The molecule has 1 amide bonds. The van der Waals surface area contributed by atoms with Crippen molar-refractivity contribution >= 4 is 11.7 Å². The first-order valence-electron chi connectivity index (χ1n) is 6.16. The van der Waals surface area contributed by atoms with Crippen LogP contribution in [0, 0.1) is 17.2 Å². The van der Waals surface area contributed by atoms with E-state index in [4.69, 9.17) is 5.84 Å². The van der Waals surface area contributed by atoms with Crippen LogP contribution in [-0.4, -0.2) is 17.4 Å². The highest BCUT2D eigenvalue weighted by Gasteiger charge is 2.22. The van der Waals surface area contributed by atoms with Crippen LogP contribution in [0.15, 0.2) is 12.3 Å². The Morgan fingerprint density at radius 1 is 1.53 bits per heavy atom. The summed E-state index contributed by atoms with van der Waals surface area (Å²) < 4.78 is 13.8. The van der Waals surface area contributed by atoms with Crippen LogP contribution >= 0.6 is 0 Å². The number of nitrogens with zero attached hydrogens (tertiary/aromatic N) is 1. The van der Waals surface area contributed by atoms with E-state index in [2.05, 4.69) is 36.5 Å². The van der Waals surface area contributed by atoms with Gasteiger partial charge in [0.25, 0.3) is 5.91 Å². The fourth-order valence-electron chi connectivity index (χ4n) is 1.37. The molecule has 0 aliphatic rings. The van der Waals surface area contributed by atoms with Crippen LogP contribution in [0.4, 0.5) is 10.2 Å². The van der Waals surface area contributed by atoms with E-state index >= 15 is 0 Å². The van der Waals surface area contributed by atoms with Gasteiger partial charge in [0.05, 0.1) is 5.56 Å². The predicted molar refractivity (Wildman–Crippen MR) is 73.0 cm³/mol. The van der Waals surface area contributed by atoms with Crippen LogP contribution in [0.25, 0.3) is 0 Å². The molecule has 5 nitrogen and oxygen atoms in total. The number of pyridine rings is 1. The molecule has 1 atom stereocenters. The fourth-order valence-corrected chi connectivity index (χ4v) is 1.37. The minimum Gasteiger partial charge on any atom is -0.352 e. The van der Waals surface area contributed by atoms with Gasteiger partial charge >= 0.3 is 0 Å². The molecule has 19 heavy (non-hydrogen) atoms. The van der Waals surface area contributed by atoms with Gasteiger partial charge in [0, 0.05) is 12.7 Å². The van der Waals surface area contributed by atoms with E-state index in [1.807, 2.05) is 6.92 Å². The zero-order valence-corrected chi connectivity index (χ0v) is 11.7. The highest BCUT2D eigenvalue weighted by molar-refractivity contribution is 5.95. The Hall–Kier alpha value is -1.69. The van der Waals surface area contributed by atoms with Gasteiger partial charge in [-0.2, -0.15) is 0 Å². The zero-order valence-electron chi connectivity index (χ0n) is 11.7. The molecule has 1 heterocycles. The smallest absolute Gasteiger partial charge is 0.254 e. The SMILES string of the molecule is CC(CNC(=O)c1ccnc(NN)c1F)C(C)(C)C. The number of amides is 1. The number of anilines is 1. The third-order valence-corrected chi connectivity index (χ3v) is 3.32. The lowest BCUT2D eigenvalue weighted by Crippen LogP contribution is -2.34. The van der Waals surface area contributed by atoms with Gasteiger partial charge < -0.3 is 10.7 Å². The van der Waals surface area contributed by atoms with Gasteiger partial charge in [0.1, 0.15) is 0 Å². The first-order valence-corrected chi connectivity index (χ1v) is 6.16. The second-order valence-corrected chi connectivity index (χ2v) is 5.64. The normalized spacial score (nSPS) is 12.9. The third kappa shape index (κ3) is 3.89. The molecule has 0 aromatic carbocycles. The Labute approximate surface area is 112 Å². The van der Waals surface area contributed by atoms with Crippen LogP contribution in [0.2, 0.25) is 0 Å². The molecule has 6 heteroatoms. The molecule has 0 saturated carbocycles. The number of carbonyl (C=O) groups is 1. The monoisotopic (exact) mass is 268 g/mol. The molecule has 0 saturated heterocycles. The lowest BCUT2D eigenvalue weighted by Gasteiger charge is -2.27. The Balaban J connectivity index is 2.75. The van der Waals surface area contributed by atoms with Gasteiger partial charge in [-0.05, 0) is 17.4 Å². The summed E-state index contributed by atoms with van der Waals surface area (Å²) >= 11 is 0. The lowest BCUT2D eigenvalue weighted by atomic mass is 9.82. The number of hydrogen-bond donors (Lipinski definition) is 3. The highest BCUT2D eigenvalue weighted by atomic mass is 19.1. The zero-order chi connectivity index (χ0) is 14.6. The molecule has 1 unspecified atom stereocenters. The summed E-state index contributed by atoms with van der Waals surface area (Å²) in [7, 11) is 0. The highest BCUT2D eigenvalue weighted by Crippen LogP contribution is 2.24. The number of hydrazine groups is 1. The summed E-state index contributed by atoms with van der Waals surface area (Å²) in [5, 5.41) is 2.72. The number of aromatic nitrogens is 1. The van der Waals surface area contributed by atoms with Crippen molar-refractivity contribution in [2.75, 3.05) is 12.0 Å². The third-order valence-electron chi connectivity index (χ3n) is 3.32. The molecule has 0 radical (unpaired) electrons. The minimum atomic E-state index is -0.745. The molecule has 0 aliphatic heterocycles. The maximum atomic E-state index is 13.8. The van der Waals surface area contributed by atoms with Crippen molar-refractivity contribution < 1.29 is 9.18 Å². The van der Waals surface area contributed by atoms with E-state index in [1.54, 1.807) is 0 Å². The summed E-state index contributed by atoms with van der Waals surface area (Å²) in [4.78, 5) is 15.6. The Bertz CT molecular complexity index is 456. The van der Waals surface area contributed by atoms with Crippen molar-refractivity contribution in [3.8, 4) is 0 Å². The molecule has 1 aromatic heterocycles. The molecular formula is C13H21FN4O. The van der Waals surface area contributed by atoms with Gasteiger partial charge in [-0.25, -0.2) is 15.2 Å². The van der Waals surface area contributed by atoms with Crippen LogP contribution in [0.1, 0.15) is 38.1 Å². The number of hydrogen-bond acceptors (Lipinski definition) is 4. The van der Waals surface area contributed by atoms with Crippen molar-refractivity contribution in [3.05, 3.63) is 23.6 Å². The molecule has 1 rings (SSSR count). The van der Waals surface area contributed by atoms with Crippen molar-refractivity contribution in [3.63, 3.8) is 0 Å². The number of nitrogens with two attached hydrogens (primary N) is 1. The molecule has 0 aliphatic carbocycles. The first-order chi connectivity index (χ1) is 8.77. The largest absolute Gasteiger partial charge is 0.352 e. The predicted octanol–water partition coefficient (Wildman–Crippen LogP) is 1.92. The average molecular weight is 268 g/mol. The van der Waals surface area contributed by atoms with E-state index in [9.17, 15) is 9.18 Å². The van der Waals surface area contributed by atoms with Crippen molar-refractivity contribution in [2.24, 2.45) is 17.2 Å². The van der Waals surface area contributed by atoms with Gasteiger partial charge in [-0.15, -0.1) is 0 Å². The molecule has 0 spiro atoms. The van der Waals surface area contributed by atoms with E-state index < -0.39 is 11.7 Å². The second-order valence-electron chi connectivity index (χ2n) is 5.64. The van der Waals surface area contributed by atoms with Crippen molar-refractivity contribution in [2.45, 2.75) is 27.7 Å². The Kier molecular flexibility index (Phi) is 4.83. The topological polar surface area (TPSA) is 80.0 Å². The maximum absolute atomic E-state index is 13.8. The van der Waals surface area contributed by atoms with E-state index in [1.165, 1.54) is 12.3 Å². The summed E-state index contributed by atoms with van der Waals surface area (Å²) in [5.41, 5.74) is 2.13. The van der Waals surface area contributed by atoms with Gasteiger partial charge in [-0.3, -0.25) is 4.79 Å². The summed E-state index contributed by atoms with van der Waals surface area (Å²) in [6.07, 6.45) is 1.33. The quantitative estimate of drug-likeness (QED) is 0.575. The van der Waals surface area contributed by atoms with Crippen LogP contribution in [0.5, 0.6) is 0 Å². The van der Waals surface area contributed by atoms with Crippen molar-refractivity contribution in [1.82, 2.24) is 10.3 Å². The summed E-state index contributed by atoms with van der Waals surface area (Å²) in [6, 6.07) is 1.33. The molecular weight excluding hydrogens is 247 g/mol. The van der Waals surface area contributed by atoms with E-state index in [-0.39, 0.29) is 22.7 Å². The first kappa shape index (κ1) is 15.4. The van der Waals surface area contributed by atoms with Gasteiger partial charge in [0.2, 0.25) is 0 Å². The van der Waals surface area contributed by atoms with Crippen LogP contribution in [0.3, 0.4) is 0 Å². The maximum Gasteiger partial charge on any atom is 0.254 e. The molecule has 0 fully saturated rings. The summed E-state index contributed by atoms with van der Waals surface area (Å²) in [5.74, 6) is 4.03. The van der Waals surface area contributed by atoms with Gasteiger partial charge in [0.15, 0.2) is 11.6 Å². The standard InChI is InChI=1S/C13H21FN4O/c1-8(13(2,3)4)7-17-12(19)9-5-6-16-11(18-15)10(9)14/h5-6,8H,7,15H2,1-4H3,(H,16,18)(H,17,19). The Morgan fingerprint density at radius 2 is 2.16 bits per heavy atom.